The highest BCUT2D eigenvalue weighted by molar-refractivity contribution is 5.01. The Balaban J connectivity index is 2.15. The molecule has 2 rings (SSSR count). The zero-order chi connectivity index (χ0) is 6.43. The van der Waals surface area contributed by atoms with Crippen LogP contribution in [0.1, 0.15) is 6.42 Å². The fraction of sp³-hybridized carbons (Fsp3) is 1.00. The molecule has 9 heavy (non-hydrogen) atoms. The van der Waals surface area contributed by atoms with Crippen LogP contribution in [0.3, 0.4) is 0 Å². The van der Waals surface area contributed by atoms with E-state index >= 15 is 0 Å². The summed E-state index contributed by atoms with van der Waals surface area (Å²) in [6.45, 7) is 0.878. The van der Waals surface area contributed by atoms with Crippen molar-refractivity contribution < 1.29 is 10.2 Å². The van der Waals surface area contributed by atoms with Gasteiger partial charge in [0.15, 0.2) is 0 Å². The SMILES string of the molecule is O[C@@H]1[C@@H](O)[C@H]2CN[C@H]1C2. The topological polar surface area (TPSA) is 52.5 Å². The smallest absolute Gasteiger partial charge is 0.0954 e. The third-order valence-electron chi connectivity index (χ3n) is 2.44. The minimum absolute atomic E-state index is 0.171. The van der Waals surface area contributed by atoms with Gasteiger partial charge < -0.3 is 15.5 Å². The number of fused-ring (bicyclic) bond motifs is 2. The normalized spacial score (nSPS) is 56.7. The van der Waals surface area contributed by atoms with Crippen molar-refractivity contribution >= 4 is 0 Å². The molecule has 0 aromatic heterocycles. The molecule has 2 aliphatic rings. The molecule has 3 heteroatoms. The second kappa shape index (κ2) is 1.68. The maximum atomic E-state index is 9.20. The molecular weight excluding hydrogens is 118 g/mol. The maximum Gasteiger partial charge on any atom is 0.0954 e. The van der Waals surface area contributed by atoms with Gasteiger partial charge in [-0.25, -0.2) is 0 Å². The second-order valence-electron chi connectivity index (χ2n) is 2.99. The van der Waals surface area contributed by atoms with E-state index in [1.807, 2.05) is 0 Å². The molecule has 3 N–H and O–H groups in total. The van der Waals surface area contributed by atoms with Crippen LogP contribution in [-0.4, -0.2) is 35.0 Å². The minimum atomic E-state index is -0.510. The predicted molar refractivity (Wildman–Crippen MR) is 31.9 cm³/mol. The van der Waals surface area contributed by atoms with Crippen LogP contribution < -0.4 is 5.32 Å². The molecule has 52 valence electrons. The Kier molecular flexibility index (Phi) is 1.06. The molecule has 0 radical (unpaired) electrons. The molecule has 1 saturated heterocycles. The van der Waals surface area contributed by atoms with Crippen molar-refractivity contribution in [3.8, 4) is 0 Å². The molecule has 4 atom stereocenters. The first kappa shape index (κ1) is 5.65. The molecule has 2 bridgehead atoms. The number of hydrogen-bond acceptors (Lipinski definition) is 3. The molecule has 3 nitrogen and oxygen atoms in total. The van der Waals surface area contributed by atoms with Gasteiger partial charge in [-0.2, -0.15) is 0 Å². The fourth-order valence-corrected chi connectivity index (χ4v) is 1.83. The van der Waals surface area contributed by atoms with Crippen molar-refractivity contribution in [2.24, 2.45) is 5.92 Å². The van der Waals surface area contributed by atoms with E-state index in [-0.39, 0.29) is 6.04 Å². The van der Waals surface area contributed by atoms with Crippen LogP contribution in [-0.2, 0) is 0 Å². The molecule has 1 aliphatic carbocycles. The summed E-state index contributed by atoms with van der Waals surface area (Å²) < 4.78 is 0. The van der Waals surface area contributed by atoms with Gasteiger partial charge in [0.05, 0.1) is 12.2 Å². The van der Waals surface area contributed by atoms with Crippen LogP contribution in [0.25, 0.3) is 0 Å². The fourth-order valence-electron chi connectivity index (χ4n) is 1.83. The molecule has 0 aromatic carbocycles. The van der Waals surface area contributed by atoms with E-state index in [0.29, 0.717) is 5.92 Å². The third-order valence-corrected chi connectivity index (χ3v) is 2.44. The van der Waals surface area contributed by atoms with Crippen molar-refractivity contribution in [2.75, 3.05) is 6.54 Å². The molecule has 0 aromatic rings. The van der Waals surface area contributed by atoms with Gasteiger partial charge >= 0.3 is 0 Å². The van der Waals surface area contributed by atoms with E-state index in [2.05, 4.69) is 5.32 Å². The molecule has 1 aliphatic heterocycles. The Bertz CT molecular complexity index is 110. The molecule has 0 unspecified atom stereocenters. The first-order chi connectivity index (χ1) is 4.29. The highest BCUT2D eigenvalue weighted by Crippen LogP contribution is 2.31. The number of rotatable bonds is 0. The quantitative estimate of drug-likeness (QED) is 0.381. The monoisotopic (exact) mass is 129 g/mol. The largest absolute Gasteiger partial charge is 0.390 e. The van der Waals surface area contributed by atoms with Gasteiger partial charge in [-0.3, -0.25) is 0 Å². The lowest BCUT2D eigenvalue weighted by Crippen LogP contribution is -2.45. The Hall–Kier alpha value is -0.120. The Morgan fingerprint density at radius 2 is 2.00 bits per heavy atom. The van der Waals surface area contributed by atoms with Gasteiger partial charge in [-0.05, 0) is 6.42 Å². The van der Waals surface area contributed by atoms with E-state index < -0.39 is 12.2 Å². The van der Waals surface area contributed by atoms with E-state index in [4.69, 9.17) is 0 Å². The molecule has 2 fully saturated rings. The summed E-state index contributed by atoms with van der Waals surface area (Å²) in [6, 6.07) is 0.171. The van der Waals surface area contributed by atoms with Gasteiger partial charge in [0.1, 0.15) is 0 Å². The van der Waals surface area contributed by atoms with Gasteiger partial charge in [0, 0.05) is 18.5 Å². The lowest BCUT2D eigenvalue weighted by atomic mass is 10.1. The predicted octanol–water partition coefficient (Wildman–Crippen LogP) is -1.30. The van der Waals surface area contributed by atoms with Crippen molar-refractivity contribution in [2.45, 2.75) is 24.7 Å². The van der Waals surface area contributed by atoms with Crippen LogP contribution in [0.15, 0.2) is 0 Å². The number of aliphatic hydroxyl groups is 2. The average molecular weight is 129 g/mol. The second-order valence-corrected chi connectivity index (χ2v) is 2.99. The van der Waals surface area contributed by atoms with Crippen molar-refractivity contribution in [1.82, 2.24) is 5.32 Å². The number of aliphatic hydroxyl groups excluding tert-OH is 2. The Labute approximate surface area is 53.7 Å². The lowest BCUT2D eigenvalue weighted by Gasteiger charge is -2.22. The van der Waals surface area contributed by atoms with E-state index in [9.17, 15) is 10.2 Å². The zero-order valence-electron chi connectivity index (χ0n) is 5.12. The van der Waals surface area contributed by atoms with Crippen molar-refractivity contribution in [3.63, 3.8) is 0 Å². The first-order valence-electron chi connectivity index (χ1n) is 3.38. The highest BCUT2D eigenvalue weighted by atomic mass is 16.3. The van der Waals surface area contributed by atoms with Gasteiger partial charge in [-0.15, -0.1) is 0 Å². The summed E-state index contributed by atoms with van der Waals surface area (Å²) in [5.74, 6) is 0.310. The van der Waals surface area contributed by atoms with E-state index in [1.165, 1.54) is 0 Å². The summed E-state index contributed by atoms with van der Waals surface area (Å²) >= 11 is 0. The summed E-state index contributed by atoms with van der Waals surface area (Å²) in [6.07, 6.45) is -0.0255. The number of hydrogen-bond donors (Lipinski definition) is 3. The van der Waals surface area contributed by atoms with Crippen molar-refractivity contribution in [1.29, 1.82) is 0 Å². The van der Waals surface area contributed by atoms with Crippen molar-refractivity contribution in [3.05, 3.63) is 0 Å². The number of piperidine rings is 1. The van der Waals surface area contributed by atoms with E-state index in [0.717, 1.165) is 13.0 Å². The average Bonchev–Trinajstić information content (AvgIpc) is 2.37. The molecule has 1 saturated carbocycles. The summed E-state index contributed by atoms with van der Waals surface area (Å²) in [7, 11) is 0. The van der Waals surface area contributed by atoms with Crippen LogP contribution in [0.2, 0.25) is 0 Å². The molecule has 1 heterocycles. The Morgan fingerprint density at radius 1 is 1.22 bits per heavy atom. The standard InChI is InChI=1S/C6H11NO2/c8-5-3-1-4(6(5)9)7-2-3/h3-9H,1-2H2/t3-,4+,5+,6+/m1/s1. The van der Waals surface area contributed by atoms with Gasteiger partial charge in [0.2, 0.25) is 0 Å². The van der Waals surface area contributed by atoms with Gasteiger partial charge in [0.25, 0.3) is 0 Å². The van der Waals surface area contributed by atoms with Crippen LogP contribution in [0.5, 0.6) is 0 Å². The molecule has 0 amide bonds. The summed E-state index contributed by atoms with van der Waals surface area (Å²) in [5.41, 5.74) is 0. The number of nitrogens with one attached hydrogen (secondary N) is 1. The zero-order valence-corrected chi connectivity index (χ0v) is 5.12. The maximum absolute atomic E-state index is 9.20. The first-order valence-corrected chi connectivity index (χ1v) is 3.38. The van der Waals surface area contributed by atoms with Gasteiger partial charge in [-0.1, -0.05) is 0 Å². The summed E-state index contributed by atoms with van der Waals surface area (Å²) in [4.78, 5) is 0. The molecular formula is C6H11NO2. The summed E-state index contributed by atoms with van der Waals surface area (Å²) in [5, 5.41) is 21.5. The minimum Gasteiger partial charge on any atom is -0.390 e. The van der Waals surface area contributed by atoms with E-state index in [1.54, 1.807) is 0 Å². The third kappa shape index (κ3) is 0.625. The lowest BCUT2D eigenvalue weighted by molar-refractivity contribution is -0.00445. The van der Waals surface area contributed by atoms with Crippen LogP contribution in [0.4, 0.5) is 0 Å². The van der Waals surface area contributed by atoms with Crippen LogP contribution in [0, 0.1) is 5.92 Å². The highest BCUT2D eigenvalue weighted by Gasteiger charge is 2.45. The Morgan fingerprint density at radius 3 is 2.33 bits per heavy atom. The molecule has 0 spiro atoms. The van der Waals surface area contributed by atoms with Crippen LogP contribution >= 0.6 is 0 Å².